The standard InChI is InChI=1S/C14H24FN3O2S/c1-10(2)18(4)7-5-6-17-21(19,20)14-9-13(16)12(15)8-11(14)3/h8-10,17H,5-7,16H2,1-4H3. The number of aryl methyl sites for hydroxylation is 1. The van der Waals surface area contributed by atoms with Crippen LogP contribution < -0.4 is 10.5 Å². The van der Waals surface area contributed by atoms with Gasteiger partial charge in [-0.25, -0.2) is 17.5 Å². The molecule has 0 aliphatic carbocycles. The Kier molecular flexibility index (Phi) is 6.12. The van der Waals surface area contributed by atoms with Crippen LogP contribution in [0.1, 0.15) is 25.8 Å². The SMILES string of the molecule is Cc1cc(F)c(N)cc1S(=O)(=O)NCCCN(C)C(C)C. The van der Waals surface area contributed by atoms with Crippen LogP contribution in [0.4, 0.5) is 10.1 Å². The smallest absolute Gasteiger partial charge is 0.240 e. The highest BCUT2D eigenvalue weighted by molar-refractivity contribution is 7.89. The number of nitrogens with one attached hydrogen (secondary N) is 1. The molecule has 0 amide bonds. The Morgan fingerprint density at radius 2 is 2.00 bits per heavy atom. The second-order valence-electron chi connectivity index (χ2n) is 5.46. The minimum absolute atomic E-state index is 0.0265. The molecule has 0 aromatic heterocycles. The maximum absolute atomic E-state index is 13.3. The zero-order chi connectivity index (χ0) is 16.2. The molecule has 21 heavy (non-hydrogen) atoms. The highest BCUT2D eigenvalue weighted by Crippen LogP contribution is 2.21. The monoisotopic (exact) mass is 317 g/mol. The molecule has 0 heterocycles. The average Bonchev–Trinajstić information content (AvgIpc) is 2.38. The Bertz CT molecular complexity index is 588. The number of nitrogens with two attached hydrogens (primary N) is 1. The molecule has 1 aromatic carbocycles. The van der Waals surface area contributed by atoms with Crippen molar-refractivity contribution in [1.82, 2.24) is 9.62 Å². The molecule has 3 N–H and O–H groups in total. The van der Waals surface area contributed by atoms with E-state index in [4.69, 9.17) is 5.73 Å². The Morgan fingerprint density at radius 1 is 1.38 bits per heavy atom. The van der Waals surface area contributed by atoms with E-state index >= 15 is 0 Å². The summed E-state index contributed by atoms with van der Waals surface area (Å²) < 4.78 is 40.2. The van der Waals surface area contributed by atoms with Crippen molar-refractivity contribution in [3.63, 3.8) is 0 Å². The Labute approximate surface area is 126 Å². The van der Waals surface area contributed by atoms with Crippen LogP contribution in [0.5, 0.6) is 0 Å². The number of hydrogen-bond donors (Lipinski definition) is 2. The number of nitrogen functional groups attached to an aromatic ring is 1. The molecule has 0 saturated carbocycles. The Hall–Kier alpha value is -1.18. The molecule has 5 nitrogen and oxygen atoms in total. The number of anilines is 1. The summed E-state index contributed by atoms with van der Waals surface area (Å²) in [6, 6.07) is 2.71. The van der Waals surface area contributed by atoms with Crippen LogP contribution in [-0.2, 0) is 10.0 Å². The van der Waals surface area contributed by atoms with Gasteiger partial charge in [0.05, 0.1) is 10.6 Å². The number of halogens is 1. The van der Waals surface area contributed by atoms with Crippen molar-refractivity contribution in [3.05, 3.63) is 23.5 Å². The molecule has 0 aliphatic heterocycles. The van der Waals surface area contributed by atoms with Gasteiger partial charge in [-0.15, -0.1) is 0 Å². The molecular formula is C14H24FN3O2S. The minimum Gasteiger partial charge on any atom is -0.396 e. The van der Waals surface area contributed by atoms with Crippen molar-refractivity contribution < 1.29 is 12.8 Å². The molecule has 0 radical (unpaired) electrons. The van der Waals surface area contributed by atoms with Gasteiger partial charge in [-0.3, -0.25) is 0 Å². The van der Waals surface area contributed by atoms with Gasteiger partial charge in [0.2, 0.25) is 10.0 Å². The minimum atomic E-state index is -3.66. The summed E-state index contributed by atoms with van der Waals surface area (Å²) in [5, 5.41) is 0. The summed E-state index contributed by atoms with van der Waals surface area (Å²) in [5.74, 6) is -0.606. The molecule has 1 rings (SSSR count). The van der Waals surface area contributed by atoms with Gasteiger partial charge >= 0.3 is 0 Å². The number of rotatable bonds is 7. The zero-order valence-electron chi connectivity index (χ0n) is 13.0. The maximum Gasteiger partial charge on any atom is 0.240 e. The lowest BCUT2D eigenvalue weighted by Crippen LogP contribution is -2.31. The van der Waals surface area contributed by atoms with Gasteiger partial charge in [0.25, 0.3) is 0 Å². The topological polar surface area (TPSA) is 75.4 Å². The van der Waals surface area contributed by atoms with E-state index in [0.29, 0.717) is 24.6 Å². The summed E-state index contributed by atoms with van der Waals surface area (Å²) in [4.78, 5) is 2.16. The predicted octanol–water partition coefficient (Wildman–Crippen LogP) is 1.72. The van der Waals surface area contributed by atoms with Gasteiger partial charge < -0.3 is 10.6 Å². The fourth-order valence-electron chi connectivity index (χ4n) is 1.83. The first-order chi connectivity index (χ1) is 9.65. The Balaban J connectivity index is 2.68. The van der Waals surface area contributed by atoms with Crippen molar-refractivity contribution in [2.75, 3.05) is 25.9 Å². The first-order valence-electron chi connectivity index (χ1n) is 6.90. The van der Waals surface area contributed by atoms with Gasteiger partial charge in [0, 0.05) is 12.6 Å². The number of benzene rings is 1. The number of sulfonamides is 1. The van der Waals surface area contributed by atoms with Gasteiger partial charge in [0.1, 0.15) is 5.82 Å². The lowest BCUT2D eigenvalue weighted by Gasteiger charge is -2.20. The summed E-state index contributed by atoms with van der Waals surface area (Å²) in [7, 11) is -1.67. The first kappa shape index (κ1) is 17.9. The summed E-state index contributed by atoms with van der Waals surface area (Å²) in [6.45, 7) is 6.83. The van der Waals surface area contributed by atoms with E-state index in [1.165, 1.54) is 0 Å². The van der Waals surface area contributed by atoms with Crippen LogP contribution in [0.3, 0.4) is 0 Å². The molecule has 0 atom stereocenters. The number of hydrogen-bond acceptors (Lipinski definition) is 4. The predicted molar refractivity (Wildman–Crippen MR) is 83.1 cm³/mol. The molecular weight excluding hydrogens is 293 g/mol. The van der Waals surface area contributed by atoms with E-state index in [1.807, 2.05) is 7.05 Å². The molecule has 0 unspecified atom stereocenters. The average molecular weight is 317 g/mol. The second-order valence-corrected chi connectivity index (χ2v) is 7.20. The van der Waals surface area contributed by atoms with Crippen molar-refractivity contribution in [2.45, 2.75) is 38.1 Å². The molecule has 0 saturated heterocycles. The van der Waals surface area contributed by atoms with Crippen LogP contribution >= 0.6 is 0 Å². The summed E-state index contributed by atoms with van der Waals surface area (Å²) >= 11 is 0. The van der Waals surface area contributed by atoms with Crippen LogP contribution in [0.15, 0.2) is 17.0 Å². The van der Waals surface area contributed by atoms with Gasteiger partial charge in [-0.2, -0.15) is 0 Å². The largest absolute Gasteiger partial charge is 0.396 e. The van der Waals surface area contributed by atoms with E-state index in [9.17, 15) is 12.8 Å². The third-order valence-electron chi connectivity index (χ3n) is 3.45. The highest BCUT2D eigenvalue weighted by atomic mass is 32.2. The first-order valence-corrected chi connectivity index (χ1v) is 8.39. The molecule has 0 bridgehead atoms. The highest BCUT2D eigenvalue weighted by Gasteiger charge is 2.18. The van der Waals surface area contributed by atoms with E-state index in [2.05, 4.69) is 23.5 Å². The lowest BCUT2D eigenvalue weighted by atomic mass is 10.2. The van der Waals surface area contributed by atoms with Crippen molar-refractivity contribution in [2.24, 2.45) is 0 Å². The lowest BCUT2D eigenvalue weighted by molar-refractivity contribution is 0.271. The fourth-order valence-corrected chi connectivity index (χ4v) is 3.16. The Morgan fingerprint density at radius 3 is 2.57 bits per heavy atom. The van der Waals surface area contributed by atoms with Gasteiger partial charge in [-0.1, -0.05) is 0 Å². The zero-order valence-corrected chi connectivity index (χ0v) is 13.8. The van der Waals surface area contributed by atoms with E-state index in [-0.39, 0.29) is 10.6 Å². The van der Waals surface area contributed by atoms with Crippen molar-refractivity contribution >= 4 is 15.7 Å². The van der Waals surface area contributed by atoms with Gasteiger partial charge in [-0.05, 0) is 58.5 Å². The molecule has 1 aromatic rings. The maximum atomic E-state index is 13.3. The van der Waals surface area contributed by atoms with Crippen LogP contribution in [0, 0.1) is 12.7 Å². The quantitative estimate of drug-likeness (QED) is 0.593. The molecule has 120 valence electrons. The molecule has 0 spiro atoms. The van der Waals surface area contributed by atoms with E-state index in [1.54, 1.807) is 6.92 Å². The van der Waals surface area contributed by atoms with Gasteiger partial charge in [0.15, 0.2) is 0 Å². The van der Waals surface area contributed by atoms with Crippen LogP contribution in [-0.4, -0.2) is 39.5 Å². The molecule has 0 aliphatic rings. The second kappa shape index (κ2) is 7.20. The van der Waals surface area contributed by atoms with Crippen molar-refractivity contribution in [1.29, 1.82) is 0 Å². The fraction of sp³-hybridized carbons (Fsp3) is 0.571. The summed E-state index contributed by atoms with van der Waals surface area (Å²) in [5.41, 5.74) is 5.62. The number of nitrogens with zero attached hydrogens (tertiary/aromatic N) is 1. The van der Waals surface area contributed by atoms with Crippen LogP contribution in [0.2, 0.25) is 0 Å². The third kappa shape index (κ3) is 4.94. The van der Waals surface area contributed by atoms with E-state index in [0.717, 1.165) is 18.7 Å². The van der Waals surface area contributed by atoms with Crippen molar-refractivity contribution in [3.8, 4) is 0 Å². The summed E-state index contributed by atoms with van der Waals surface area (Å²) in [6.07, 6.45) is 0.698. The normalized spacial score (nSPS) is 12.3. The van der Waals surface area contributed by atoms with Crippen LogP contribution in [0.25, 0.3) is 0 Å². The third-order valence-corrected chi connectivity index (χ3v) is 5.05. The molecule has 7 heteroatoms. The molecule has 0 fully saturated rings. The van der Waals surface area contributed by atoms with E-state index < -0.39 is 15.8 Å².